The second kappa shape index (κ2) is 14.1. The van der Waals surface area contributed by atoms with Crippen molar-refractivity contribution in [1.29, 1.82) is 0 Å². The predicted molar refractivity (Wildman–Crippen MR) is 180 cm³/mol. The van der Waals surface area contributed by atoms with Crippen molar-refractivity contribution in [2.24, 2.45) is 0 Å². The molecule has 0 bridgehead atoms. The Hall–Kier alpha value is -3.49. The maximum Gasteiger partial charge on any atom is 0.416 e. The Labute approximate surface area is 294 Å². The highest BCUT2D eigenvalue weighted by molar-refractivity contribution is 7.45. The summed E-state index contributed by atoms with van der Waals surface area (Å²) in [6.07, 6.45) is -8.69. The van der Waals surface area contributed by atoms with E-state index in [1.165, 1.54) is 32.0 Å². The van der Waals surface area contributed by atoms with Crippen LogP contribution in [0.1, 0.15) is 56.9 Å². The average molecular weight is 745 g/mol. The zero-order valence-corrected chi connectivity index (χ0v) is 30.7. The first-order chi connectivity index (χ1) is 23.2. The predicted octanol–water partition coefficient (Wildman–Crippen LogP) is 7.56. The summed E-state index contributed by atoms with van der Waals surface area (Å²) in [5.41, 5.74) is -3.76. The highest BCUT2D eigenvalue weighted by Gasteiger charge is 2.41. The van der Waals surface area contributed by atoms with E-state index in [1.54, 1.807) is 32.9 Å². The van der Waals surface area contributed by atoms with E-state index in [2.05, 4.69) is 4.98 Å². The van der Waals surface area contributed by atoms with Crippen molar-refractivity contribution >= 4 is 25.2 Å². The van der Waals surface area contributed by atoms with Crippen LogP contribution in [-0.4, -0.2) is 68.0 Å². The number of halogens is 6. The number of phosphoric ester groups is 1. The number of aryl methyl sites for hydroxylation is 1. The molecule has 0 saturated carbocycles. The molecule has 4 rings (SSSR count). The molecule has 1 fully saturated rings. The molecule has 1 amide bonds. The highest BCUT2D eigenvalue weighted by atomic mass is 31.2. The summed E-state index contributed by atoms with van der Waals surface area (Å²) < 4.78 is 105. The van der Waals surface area contributed by atoms with Crippen molar-refractivity contribution in [2.75, 3.05) is 56.8 Å². The molecule has 9 nitrogen and oxygen atoms in total. The molecule has 51 heavy (non-hydrogen) atoms. The summed E-state index contributed by atoms with van der Waals surface area (Å²) >= 11 is 0. The van der Waals surface area contributed by atoms with Gasteiger partial charge in [-0.25, -0.2) is 4.98 Å². The molecule has 0 N–H and O–H groups in total. The SMILES string of the molecule is Cc1ccccc1-c1cc(N2CC[N+](C)(COP(=O)([O-])OC(C)(C)C)CC2)ncc1N(C)C(=O)C(C)(C)c1cc(C(F)(F)F)cc(C(F)(F)F)c1. The van der Waals surface area contributed by atoms with E-state index in [-0.39, 0.29) is 17.3 Å². The number of hydrogen-bond acceptors (Lipinski definition) is 7. The van der Waals surface area contributed by atoms with Crippen LogP contribution in [0, 0.1) is 6.92 Å². The van der Waals surface area contributed by atoms with Crippen LogP contribution in [0.5, 0.6) is 0 Å². The van der Waals surface area contributed by atoms with Gasteiger partial charge in [-0.05, 0) is 82.5 Å². The lowest BCUT2D eigenvalue weighted by atomic mass is 9.81. The number of aromatic nitrogens is 1. The Kier molecular flexibility index (Phi) is 11.2. The number of phosphoric acid groups is 1. The number of rotatable bonds is 9. The molecule has 0 aliphatic carbocycles. The van der Waals surface area contributed by atoms with E-state index in [0.29, 0.717) is 55.4 Å². The molecule has 2 aromatic carbocycles. The Bertz CT molecular complexity index is 1770. The lowest BCUT2D eigenvalue weighted by Crippen LogP contribution is -2.58. The number of carbonyl (C=O) groups is 1. The lowest BCUT2D eigenvalue weighted by Gasteiger charge is -2.43. The van der Waals surface area contributed by atoms with E-state index in [1.807, 2.05) is 37.1 Å². The van der Waals surface area contributed by atoms with Gasteiger partial charge in [0.25, 0.3) is 7.82 Å². The van der Waals surface area contributed by atoms with Crippen LogP contribution in [0.2, 0.25) is 0 Å². The topological polar surface area (TPSA) is 95.0 Å². The van der Waals surface area contributed by atoms with Crippen molar-refractivity contribution in [3.8, 4) is 11.1 Å². The molecule has 1 atom stereocenters. The Morgan fingerprint density at radius 1 is 0.922 bits per heavy atom. The first-order valence-corrected chi connectivity index (χ1v) is 17.6. The van der Waals surface area contributed by atoms with Crippen LogP contribution in [0.15, 0.2) is 54.7 Å². The number of likely N-dealkylation sites (N-methyl/N-ethyl adjacent to an activating group) is 2. The number of hydrogen-bond donors (Lipinski definition) is 0. The summed E-state index contributed by atoms with van der Waals surface area (Å²) in [7, 11) is -1.27. The number of pyridine rings is 1. The molecule has 1 aliphatic rings. The normalized spacial score (nSPS) is 16.9. The van der Waals surface area contributed by atoms with Gasteiger partial charge in [0, 0.05) is 12.6 Å². The van der Waals surface area contributed by atoms with Crippen LogP contribution in [-0.2, 0) is 36.2 Å². The van der Waals surface area contributed by atoms with Crippen LogP contribution in [0.4, 0.5) is 37.8 Å². The van der Waals surface area contributed by atoms with E-state index in [0.717, 1.165) is 11.1 Å². The molecule has 1 aromatic heterocycles. The van der Waals surface area contributed by atoms with E-state index < -0.39 is 53.8 Å². The van der Waals surface area contributed by atoms with E-state index in [9.17, 15) is 40.6 Å². The summed E-state index contributed by atoms with van der Waals surface area (Å²) in [5, 5.41) is 0. The highest BCUT2D eigenvalue weighted by Crippen LogP contribution is 2.44. The van der Waals surface area contributed by atoms with Gasteiger partial charge in [0.1, 0.15) is 5.82 Å². The quantitative estimate of drug-likeness (QED) is 0.127. The van der Waals surface area contributed by atoms with Gasteiger partial charge in [-0.2, -0.15) is 26.3 Å². The van der Waals surface area contributed by atoms with Crippen molar-refractivity contribution in [3.05, 3.63) is 77.0 Å². The minimum absolute atomic E-state index is 0.0333. The Morgan fingerprint density at radius 3 is 1.96 bits per heavy atom. The maximum absolute atomic E-state index is 14.1. The van der Waals surface area contributed by atoms with Gasteiger partial charge in [-0.15, -0.1) is 0 Å². The molecule has 16 heteroatoms. The molecule has 1 unspecified atom stereocenters. The van der Waals surface area contributed by atoms with Gasteiger partial charge in [0.15, 0.2) is 6.73 Å². The third-order valence-electron chi connectivity index (χ3n) is 8.87. The number of carbonyl (C=O) groups excluding carboxylic acids is 1. The summed E-state index contributed by atoms with van der Waals surface area (Å²) in [5.74, 6) is -0.195. The Balaban J connectivity index is 1.66. The molecule has 2 heterocycles. The smallest absolute Gasteiger partial charge is 0.416 e. The number of benzene rings is 2. The van der Waals surface area contributed by atoms with E-state index in [4.69, 9.17) is 9.05 Å². The fourth-order valence-corrected chi connectivity index (χ4v) is 6.96. The molecule has 280 valence electrons. The van der Waals surface area contributed by atoms with Crippen LogP contribution in [0.25, 0.3) is 11.1 Å². The molecule has 0 spiro atoms. The van der Waals surface area contributed by atoms with Gasteiger partial charge in [-0.3, -0.25) is 13.9 Å². The first-order valence-electron chi connectivity index (χ1n) is 16.1. The van der Waals surface area contributed by atoms with Crippen LogP contribution < -0.4 is 14.7 Å². The largest absolute Gasteiger partial charge is 0.756 e. The fourth-order valence-electron chi connectivity index (χ4n) is 5.81. The standard InChI is InChI=1S/C35H43F6N4O5P/c1-23-11-9-10-12-27(23)28-20-30(44-13-15-45(8,16-14-44)22-49-51(47,48)50-32(2,3)4)42-21-29(28)43(7)31(46)33(5,6)24-17-25(34(36,37)38)19-26(18-24)35(39,40)41/h9-12,17-21H,13-16,22H2,1-8H3. The molecular formula is C35H43F6N4O5P. The van der Waals surface area contributed by atoms with Crippen LogP contribution in [0.3, 0.4) is 0 Å². The summed E-state index contributed by atoms with van der Waals surface area (Å²) in [6, 6.07) is 10.3. The van der Waals surface area contributed by atoms with Gasteiger partial charge in [0.05, 0.1) is 67.3 Å². The summed E-state index contributed by atoms with van der Waals surface area (Å²) in [6.45, 7) is 11.1. The molecule has 1 saturated heterocycles. The molecule has 0 radical (unpaired) electrons. The third-order valence-corrected chi connectivity index (χ3v) is 10.1. The lowest BCUT2D eigenvalue weighted by molar-refractivity contribution is -0.925. The van der Waals surface area contributed by atoms with Gasteiger partial charge < -0.3 is 23.7 Å². The molecule has 1 aliphatic heterocycles. The first kappa shape index (κ1) is 40.3. The fraction of sp³-hybridized carbons (Fsp3) is 0.486. The Morgan fingerprint density at radius 2 is 1.45 bits per heavy atom. The number of alkyl halides is 6. The number of anilines is 2. The van der Waals surface area contributed by atoms with Crippen molar-refractivity contribution < 1.29 is 54.1 Å². The van der Waals surface area contributed by atoms with Crippen molar-refractivity contribution in [3.63, 3.8) is 0 Å². The molecule has 3 aromatic rings. The van der Waals surface area contributed by atoms with Crippen molar-refractivity contribution in [1.82, 2.24) is 4.98 Å². The second-order valence-electron chi connectivity index (χ2n) is 14.6. The zero-order valence-electron chi connectivity index (χ0n) is 29.8. The maximum atomic E-state index is 14.1. The third kappa shape index (κ3) is 9.69. The summed E-state index contributed by atoms with van der Waals surface area (Å²) in [4.78, 5) is 34.2. The average Bonchev–Trinajstić information content (AvgIpc) is 3.01. The monoisotopic (exact) mass is 744 g/mol. The number of quaternary nitrogens is 1. The van der Waals surface area contributed by atoms with E-state index >= 15 is 0 Å². The minimum atomic E-state index is -5.07. The molecular weight excluding hydrogens is 701 g/mol. The van der Waals surface area contributed by atoms with Gasteiger partial charge >= 0.3 is 12.4 Å². The van der Waals surface area contributed by atoms with Crippen LogP contribution >= 0.6 is 7.82 Å². The van der Waals surface area contributed by atoms with Gasteiger partial charge in [-0.1, -0.05) is 24.3 Å². The second-order valence-corrected chi connectivity index (χ2v) is 16.0. The minimum Gasteiger partial charge on any atom is -0.756 e. The number of nitrogens with zero attached hydrogens (tertiary/aromatic N) is 4. The number of amides is 1. The van der Waals surface area contributed by atoms with Crippen molar-refractivity contribution in [2.45, 2.75) is 64.9 Å². The van der Waals surface area contributed by atoms with Gasteiger partial charge in [0.2, 0.25) is 5.91 Å². The zero-order chi connectivity index (χ0) is 38.4. The number of piperazine rings is 1.